The van der Waals surface area contributed by atoms with Crippen molar-refractivity contribution in [1.29, 1.82) is 0 Å². The largest absolute Gasteiger partial charge is 0.504 e. The van der Waals surface area contributed by atoms with Crippen LogP contribution in [0, 0.1) is 5.92 Å². The molecule has 1 atom stereocenters. The summed E-state index contributed by atoms with van der Waals surface area (Å²) in [6.07, 6.45) is 0. The fourth-order valence-corrected chi connectivity index (χ4v) is 1.81. The van der Waals surface area contributed by atoms with Crippen LogP contribution in [0.4, 0.5) is 0 Å². The number of para-hydroxylation sites is 1. The van der Waals surface area contributed by atoms with Gasteiger partial charge in [0.1, 0.15) is 0 Å². The van der Waals surface area contributed by atoms with Crippen LogP contribution < -0.4 is 4.74 Å². The Morgan fingerprint density at radius 1 is 1.46 bits per heavy atom. The zero-order valence-corrected chi connectivity index (χ0v) is 7.95. The van der Waals surface area contributed by atoms with Gasteiger partial charge in [-0.1, -0.05) is 26.0 Å². The summed E-state index contributed by atoms with van der Waals surface area (Å²) in [5.41, 5.74) is 1.15. The predicted octanol–water partition coefficient (Wildman–Crippen LogP) is 2.52. The maximum Gasteiger partial charge on any atom is 0.164 e. The quantitative estimate of drug-likeness (QED) is 0.716. The molecule has 13 heavy (non-hydrogen) atoms. The van der Waals surface area contributed by atoms with Crippen LogP contribution in [0.3, 0.4) is 0 Å². The summed E-state index contributed by atoms with van der Waals surface area (Å²) in [5.74, 6) is 1.94. The van der Waals surface area contributed by atoms with E-state index in [0.29, 0.717) is 24.2 Å². The molecular weight excluding hydrogens is 164 g/mol. The topological polar surface area (TPSA) is 29.5 Å². The van der Waals surface area contributed by atoms with Gasteiger partial charge in [-0.15, -0.1) is 0 Å². The summed E-state index contributed by atoms with van der Waals surface area (Å²) < 4.78 is 5.45. The molecule has 2 rings (SSSR count). The molecule has 0 spiro atoms. The van der Waals surface area contributed by atoms with E-state index in [1.54, 1.807) is 6.07 Å². The second-order valence-corrected chi connectivity index (χ2v) is 3.86. The Morgan fingerprint density at radius 2 is 2.23 bits per heavy atom. The molecule has 1 N–H and O–H groups in total. The average molecular weight is 178 g/mol. The minimum absolute atomic E-state index is 0.264. The Hall–Kier alpha value is -1.18. The first-order chi connectivity index (χ1) is 6.20. The molecule has 2 nitrogen and oxygen atoms in total. The van der Waals surface area contributed by atoms with Crippen LogP contribution >= 0.6 is 0 Å². The zero-order valence-electron chi connectivity index (χ0n) is 7.95. The lowest BCUT2D eigenvalue weighted by Crippen LogP contribution is -2.07. The van der Waals surface area contributed by atoms with Crippen LogP contribution in [0.2, 0.25) is 0 Å². The SMILES string of the molecule is CC(C)C1COc2c(O)cccc21. The molecule has 1 aromatic carbocycles. The lowest BCUT2D eigenvalue weighted by molar-refractivity contribution is 0.293. The highest BCUT2D eigenvalue weighted by Crippen LogP contribution is 2.43. The molecule has 2 heteroatoms. The molecule has 1 aliphatic rings. The van der Waals surface area contributed by atoms with Gasteiger partial charge in [0, 0.05) is 11.5 Å². The molecule has 0 amide bonds. The molecule has 70 valence electrons. The molecule has 1 unspecified atom stereocenters. The predicted molar refractivity (Wildman–Crippen MR) is 51.2 cm³/mol. The summed E-state index contributed by atoms with van der Waals surface area (Å²) in [4.78, 5) is 0. The van der Waals surface area contributed by atoms with Crippen molar-refractivity contribution in [3.05, 3.63) is 23.8 Å². The van der Waals surface area contributed by atoms with Crippen molar-refractivity contribution < 1.29 is 9.84 Å². The molecule has 1 aromatic rings. The van der Waals surface area contributed by atoms with Crippen molar-refractivity contribution in [1.82, 2.24) is 0 Å². The number of phenols is 1. The Balaban J connectivity index is 2.43. The van der Waals surface area contributed by atoms with Crippen molar-refractivity contribution >= 4 is 0 Å². The zero-order chi connectivity index (χ0) is 9.42. The number of fused-ring (bicyclic) bond motifs is 1. The van der Waals surface area contributed by atoms with Gasteiger partial charge in [-0.25, -0.2) is 0 Å². The van der Waals surface area contributed by atoms with Crippen molar-refractivity contribution in [2.75, 3.05) is 6.61 Å². The third-order valence-corrected chi connectivity index (χ3v) is 2.64. The van der Waals surface area contributed by atoms with E-state index in [-0.39, 0.29) is 5.75 Å². The Morgan fingerprint density at radius 3 is 2.92 bits per heavy atom. The standard InChI is InChI=1S/C11H14O2/c1-7(2)9-6-13-11-8(9)4-3-5-10(11)12/h3-5,7,9,12H,6H2,1-2H3. The normalized spacial score (nSPS) is 20.1. The third-order valence-electron chi connectivity index (χ3n) is 2.64. The average Bonchev–Trinajstić information content (AvgIpc) is 2.48. The van der Waals surface area contributed by atoms with Crippen molar-refractivity contribution in [3.8, 4) is 11.5 Å². The molecule has 1 aliphatic heterocycles. The summed E-state index contributed by atoms with van der Waals surface area (Å²) in [7, 11) is 0. The first-order valence-corrected chi connectivity index (χ1v) is 4.65. The van der Waals surface area contributed by atoms with Crippen molar-refractivity contribution in [3.63, 3.8) is 0 Å². The lowest BCUT2D eigenvalue weighted by Gasteiger charge is -2.12. The Kier molecular flexibility index (Phi) is 1.91. The second kappa shape index (κ2) is 2.95. The number of phenolic OH excluding ortho intramolecular Hbond substituents is 1. The van der Waals surface area contributed by atoms with Gasteiger partial charge in [0.05, 0.1) is 6.61 Å². The number of hydrogen-bond acceptors (Lipinski definition) is 2. The van der Waals surface area contributed by atoms with E-state index in [0.717, 1.165) is 5.56 Å². The van der Waals surface area contributed by atoms with Crippen LogP contribution in [0.5, 0.6) is 11.5 Å². The fourth-order valence-electron chi connectivity index (χ4n) is 1.81. The lowest BCUT2D eigenvalue weighted by atomic mass is 9.90. The van der Waals surface area contributed by atoms with Crippen LogP contribution in [-0.2, 0) is 0 Å². The number of rotatable bonds is 1. The van der Waals surface area contributed by atoms with Gasteiger partial charge in [-0.2, -0.15) is 0 Å². The molecule has 0 radical (unpaired) electrons. The van der Waals surface area contributed by atoms with Gasteiger partial charge in [-0.05, 0) is 12.0 Å². The fraction of sp³-hybridized carbons (Fsp3) is 0.455. The van der Waals surface area contributed by atoms with Gasteiger partial charge in [-0.3, -0.25) is 0 Å². The van der Waals surface area contributed by atoms with Gasteiger partial charge in [0.2, 0.25) is 0 Å². The molecule has 0 aliphatic carbocycles. The van der Waals surface area contributed by atoms with Crippen molar-refractivity contribution in [2.24, 2.45) is 5.92 Å². The minimum Gasteiger partial charge on any atom is -0.504 e. The summed E-state index contributed by atoms with van der Waals surface area (Å²) >= 11 is 0. The molecule has 1 heterocycles. The van der Waals surface area contributed by atoms with E-state index in [1.165, 1.54) is 0 Å². The molecular formula is C11H14O2. The molecule has 0 saturated heterocycles. The summed E-state index contributed by atoms with van der Waals surface area (Å²) in [6.45, 7) is 5.05. The van der Waals surface area contributed by atoms with Gasteiger partial charge in [0.25, 0.3) is 0 Å². The van der Waals surface area contributed by atoms with Gasteiger partial charge < -0.3 is 9.84 Å². The molecule has 0 saturated carbocycles. The molecule has 0 aromatic heterocycles. The van der Waals surface area contributed by atoms with Crippen molar-refractivity contribution in [2.45, 2.75) is 19.8 Å². The van der Waals surface area contributed by atoms with E-state index < -0.39 is 0 Å². The second-order valence-electron chi connectivity index (χ2n) is 3.86. The van der Waals surface area contributed by atoms with Gasteiger partial charge >= 0.3 is 0 Å². The number of benzene rings is 1. The third kappa shape index (κ3) is 1.26. The van der Waals surface area contributed by atoms with E-state index in [4.69, 9.17) is 4.74 Å². The molecule has 0 fully saturated rings. The van der Waals surface area contributed by atoms with Gasteiger partial charge in [0.15, 0.2) is 11.5 Å². The van der Waals surface area contributed by atoms with Crippen LogP contribution in [-0.4, -0.2) is 11.7 Å². The summed E-state index contributed by atoms with van der Waals surface area (Å²) in [5, 5.41) is 9.51. The van der Waals surface area contributed by atoms with Crippen LogP contribution in [0.15, 0.2) is 18.2 Å². The maximum atomic E-state index is 9.51. The van der Waals surface area contributed by atoms with E-state index in [9.17, 15) is 5.11 Å². The molecule has 0 bridgehead atoms. The number of ether oxygens (including phenoxy) is 1. The monoisotopic (exact) mass is 178 g/mol. The van der Waals surface area contributed by atoms with Crippen LogP contribution in [0.1, 0.15) is 25.3 Å². The highest BCUT2D eigenvalue weighted by atomic mass is 16.5. The maximum absolute atomic E-state index is 9.51. The highest BCUT2D eigenvalue weighted by molar-refractivity contribution is 5.49. The summed E-state index contributed by atoms with van der Waals surface area (Å²) in [6, 6.07) is 5.58. The Bertz CT molecular complexity index is 318. The highest BCUT2D eigenvalue weighted by Gasteiger charge is 2.28. The van der Waals surface area contributed by atoms with E-state index in [1.807, 2.05) is 12.1 Å². The minimum atomic E-state index is 0.264. The van der Waals surface area contributed by atoms with E-state index >= 15 is 0 Å². The van der Waals surface area contributed by atoms with Crippen LogP contribution in [0.25, 0.3) is 0 Å². The smallest absolute Gasteiger partial charge is 0.164 e. The first-order valence-electron chi connectivity index (χ1n) is 4.65. The first kappa shape index (κ1) is 8.42. The number of hydrogen-bond donors (Lipinski definition) is 1. The van der Waals surface area contributed by atoms with E-state index in [2.05, 4.69) is 13.8 Å². The number of aromatic hydroxyl groups is 1. The Labute approximate surface area is 78.2 Å².